The summed E-state index contributed by atoms with van der Waals surface area (Å²) in [7, 11) is 1.99. The summed E-state index contributed by atoms with van der Waals surface area (Å²) >= 11 is 0. The Morgan fingerprint density at radius 3 is 1.99 bits per heavy atom. The first kappa shape index (κ1) is 62.9. The molecule has 0 atom stereocenters. The average Bonchev–Trinajstić information content (AvgIpc) is 2.33. The number of rotatable bonds is 36. The van der Waals surface area contributed by atoms with Crippen LogP contribution >= 0.6 is 0 Å². The molecule has 20 nitrogen and oxygen atoms in total. The molecule has 20 heteroatoms. The van der Waals surface area contributed by atoms with Gasteiger partial charge in [0.05, 0.1) is 87.6 Å². The summed E-state index contributed by atoms with van der Waals surface area (Å²) in [4.78, 5) is 89.5. The standard InChI is InChI=1S/C65H78N10O10/c1-47(15-11-27-59(66)72(2)34-13-23-52-53-20-5-8-24-56(53)69-57-25-9-6-21-54(52)57)68-45-50(77)17-12-35-75-65-51-19-4-3-16-48(51)46-74(58-26-10-7-22-55(58)64(65)70-71-75)63(81)30-33-67-60(78)32-38-83-40-42-85-44-43-84-41-39-82-37-14-18-49(76)31-36-73-61(79)28-29-62(73)80/h3-10,16,19-22,24-26,28-29,66H,11-15,17-18,23,27,30-46H2,1-2H3,(H,67,78). The van der Waals surface area contributed by atoms with Crippen LogP contribution in [0.4, 0.5) is 5.69 Å². The van der Waals surface area contributed by atoms with Gasteiger partial charge in [-0.3, -0.25) is 44.1 Å². The molecule has 0 radical (unpaired) electrons. The first-order valence-corrected chi connectivity index (χ1v) is 29.6. The molecule has 4 amide bonds. The first-order chi connectivity index (χ1) is 41.4. The van der Waals surface area contributed by atoms with E-state index < -0.39 is 0 Å². The summed E-state index contributed by atoms with van der Waals surface area (Å²) in [6.45, 7) is 6.55. The van der Waals surface area contributed by atoms with E-state index in [1.807, 2.05) is 84.2 Å². The van der Waals surface area contributed by atoms with Gasteiger partial charge >= 0.3 is 0 Å². The molecule has 0 spiro atoms. The van der Waals surface area contributed by atoms with Crippen molar-refractivity contribution in [1.29, 1.82) is 5.41 Å². The van der Waals surface area contributed by atoms with Gasteiger partial charge in [-0.1, -0.05) is 84.1 Å². The number of hydrogen-bond donors (Lipinski definition) is 2. The molecule has 2 aromatic heterocycles. The fourth-order valence-corrected chi connectivity index (χ4v) is 10.4. The van der Waals surface area contributed by atoms with Crippen LogP contribution in [0.15, 0.2) is 114 Å². The van der Waals surface area contributed by atoms with E-state index in [1.165, 1.54) is 28.5 Å². The van der Waals surface area contributed by atoms with Crippen molar-refractivity contribution in [1.82, 2.24) is 35.1 Å². The predicted octanol–water partition coefficient (Wildman–Crippen LogP) is 8.31. The largest absolute Gasteiger partial charge is 0.379 e. The molecule has 2 N–H and O–H groups in total. The summed E-state index contributed by atoms with van der Waals surface area (Å²) in [6.07, 6.45) is 8.41. The number of nitrogens with one attached hydrogen (secondary N) is 2. The van der Waals surface area contributed by atoms with Gasteiger partial charge in [0, 0.05) is 118 Å². The number of imide groups is 1. The van der Waals surface area contributed by atoms with Gasteiger partial charge in [-0.15, -0.1) is 5.10 Å². The lowest BCUT2D eigenvalue weighted by Gasteiger charge is -2.28. The number of ketones is 2. The highest BCUT2D eigenvalue weighted by atomic mass is 16.6. The number of ether oxygens (including phenoxy) is 4. The molecule has 8 rings (SSSR count). The fourth-order valence-electron chi connectivity index (χ4n) is 10.4. The van der Waals surface area contributed by atoms with Crippen molar-refractivity contribution in [2.75, 3.05) is 91.0 Å². The molecule has 4 heterocycles. The van der Waals surface area contributed by atoms with Gasteiger partial charge in [-0.05, 0) is 74.8 Å². The number of fused-ring (bicyclic) bond motifs is 7. The van der Waals surface area contributed by atoms with Crippen LogP contribution in [0.3, 0.4) is 0 Å². The number of aryl methyl sites for hydroxylation is 2. The average molecular weight is 1160 g/mol. The predicted molar refractivity (Wildman–Crippen MR) is 326 cm³/mol. The second-order valence-corrected chi connectivity index (χ2v) is 21.2. The van der Waals surface area contributed by atoms with Gasteiger partial charge in [0.1, 0.15) is 11.5 Å². The zero-order valence-corrected chi connectivity index (χ0v) is 48.9. The molecule has 4 aromatic carbocycles. The van der Waals surface area contributed by atoms with E-state index in [2.05, 4.69) is 57.0 Å². The van der Waals surface area contributed by atoms with Gasteiger partial charge in [0.25, 0.3) is 11.8 Å². The van der Waals surface area contributed by atoms with Crippen molar-refractivity contribution in [3.63, 3.8) is 0 Å². The number of hydrogen-bond acceptors (Lipinski definition) is 15. The van der Waals surface area contributed by atoms with Crippen LogP contribution in [0.5, 0.6) is 0 Å². The number of carbonyl (C=O) groups is 6. The third-order valence-electron chi connectivity index (χ3n) is 15.0. The maximum absolute atomic E-state index is 14.0. The molecule has 2 aliphatic heterocycles. The maximum Gasteiger partial charge on any atom is 0.253 e. The third-order valence-corrected chi connectivity index (χ3v) is 15.0. The Morgan fingerprint density at radius 1 is 0.647 bits per heavy atom. The zero-order valence-electron chi connectivity index (χ0n) is 48.9. The van der Waals surface area contributed by atoms with Crippen LogP contribution in [0, 0.1) is 5.41 Å². The van der Waals surface area contributed by atoms with Crippen LogP contribution < -0.4 is 10.2 Å². The number of para-hydroxylation sites is 3. The SMILES string of the molecule is CC(CCCC(=N)N(C)CCCc1c2ccccc2nc2ccccc12)=NCC(=O)CCCn1nnc2c1-c1ccccc1CN(C(=O)CCNC(=O)CCOCCOCCOCCOCCCC(=O)CCN1C(=O)C=CC1=O)c1ccccc1-2. The molecule has 0 fully saturated rings. The van der Waals surface area contributed by atoms with Crippen molar-refractivity contribution in [3.05, 3.63) is 120 Å². The second kappa shape index (κ2) is 32.8. The van der Waals surface area contributed by atoms with Crippen molar-refractivity contribution >= 4 is 74.2 Å². The Hall–Kier alpha value is -8.17. The van der Waals surface area contributed by atoms with Crippen LogP contribution in [-0.2, 0) is 67.2 Å². The van der Waals surface area contributed by atoms with Crippen LogP contribution in [0.1, 0.15) is 88.7 Å². The Labute approximate surface area is 496 Å². The Morgan fingerprint density at radius 2 is 1.27 bits per heavy atom. The molecule has 0 saturated carbocycles. The van der Waals surface area contributed by atoms with E-state index in [0.29, 0.717) is 115 Å². The number of pyridine rings is 1. The Kier molecular flexibility index (Phi) is 24.2. The maximum atomic E-state index is 14.0. The van der Waals surface area contributed by atoms with E-state index in [9.17, 15) is 28.8 Å². The number of amides is 4. The van der Waals surface area contributed by atoms with Gasteiger partial charge in [0.15, 0.2) is 5.78 Å². The minimum atomic E-state index is -0.389. The number of aromatic nitrogens is 4. The van der Waals surface area contributed by atoms with Crippen LogP contribution in [0.2, 0.25) is 0 Å². The third kappa shape index (κ3) is 18.4. The van der Waals surface area contributed by atoms with Crippen molar-refractivity contribution in [2.45, 2.75) is 97.1 Å². The Balaban J connectivity index is 0.689. The zero-order chi connectivity index (χ0) is 59.8. The molecule has 85 heavy (non-hydrogen) atoms. The van der Waals surface area contributed by atoms with Crippen molar-refractivity contribution < 1.29 is 47.7 Å². The molecule has 2 aliphatic rings. The quantitative estimate of drug-likeness (QED) is 0.0124. The van der Waals surface area contributed by atoms with E-state index in [-0.39, 0.29) is 80.7 Å². The second-order valence-electron chi connectivity index (χ2n) is 21.2. The van der Waals surface area contributed by atoms with Crippen molar-refractivity contribution in [2.24, 2.45) is 4.99 Å². The number of aliphatic imine (C=N–C) groups is 1. The highest BCUT2D eigenvalue weighted by Gasteiger charge is 2.29. The van der Waals surface area contributed by atoms with E-state index in [0.717, 1.165) is 69.8 Å². The summed E-state index contributed by atoms with van der Waals surface area (Å²) in [5.41, 5.74) is 8.93. The van der Waals surface area contributed by atoms with Crippen molar-refractivity contribution in [3.8, 4) is 22.5 Å². The molecular formula is C65H78N10O10. The molecule has 0 saturated heterocycles. The number of Topliss-reactive ketones (excluding diaryl/α,β-unsaturated/α-hetero) is 2. The van der Waals surface area contributed by atoms with Gasteiger partial charge in [0.2, 0.25) is 11.8 Å². The van der Waals surface area contributed by atoms with E-state index in [4.69, 9.17) is 29.3 Å². The monoisotopic (exact) mass is 1160 g/mol. The number of benzene rings is 4. The number of carbonyl (C=O) groups excluding carboxylic acids is 6. The topological polar surface area (TPSA) is 241 Å². The lowest BCUT2D eigenvalue weighted by Crippen LogP contribution is -2.35. The molecular weight excluding hydrogens is 1080 g/mol. The smallest absolute Gasteiger partial charge is 0.253 e. The lowest BCUT2D eigenvalue weighted by molar-refractivity contribution is -0.137. The van der Waals surface area contributed by atoms with Gasteiger partial charge in [-0.25, -0.2) is 9.67 Å². The molecule has 0 aliphatic carbocycles. The summed E-state index contributed by atoms with van der Waals surface area (Å²) in [5, 5.41) is 23.2. The minimum Gasteiger partial charge on any atom is -0.379 e. The summed E-state index contributed by atoms with van der Waals surface area (Å²) in [6, 6.07) is 32.1. The number of nitrogens with zero attached hydrogens (tertiary/aromatic N) is 8. The Bertz CT molecular complexity index is 3290. The van der Waals surface area contributed by atoms with E-state index >= 15 is 0 Å². The number of amidine groups is 1. The van der Waals surface area contributed by atoms with Crippen LogP contribution in [0.25, 0.3) is 44.3 Å². The van der Waals surface area contributed by atoms with E-state index in [1.54, 1.807) is 4.90 Å². The molecule has 0 unspecified atom stereocenters. The fraction of sp³-hybridized carbons (Fsp3) is 0.431. The highest BCUT2D eigenvalue weighted by Crippen LogP contribution is 2.41. The number of anilines is 1. The molecule has 0 bridgehead atoms. The van der Waals surface area contributed by atoms with Crippen LogP contribution in [-0.4, -0.2) is 163 Å². The first-order valence-electron chi connectivity index (χ1n) is 29.6. The minimum absolute atomic E-state index is 0.0304. The molecule has 6 aromatic rings. The van der Waals surface area contributed by atoms with Gasteiger partial charge in [-0.2, -0.15) is 0 Å². The summed E-state index contributed by atoms with van der Waals surface area (Å²) in [5.74, 6) is -0.560. The highest BCUT2D eigenvalue weighted by molar-refractivity contribution is 6.13. The normalized spacial score (nSPS) is 13.0. The van der Waals surface area contributed by atoms with Gasteiger partial charge < -0.3 is 34.1 Å². The summed E-state index contributed by atoms with van der Waals surface area (Å²) < 4.78 is 24.0. The lowest BCUT2D eigenvalue weighted by atomic mass is 9.95. The molecule has 448 valence electrons.